The molecule has 36 heavy (non-hydrogen) atoms. The van der Waals surface area contributed by atoms with Crippen LogP contribution in [0, 0.1) is 0 Å². The van der Waals surface area contributed by atoms with Gasteiger partial charge < -0.3 is 19.7 Å². The summed E-state index contributed by atoms with van der Waals surface area (Å²) in [6, 6.07) is 3.70. The van der Waals surface area contributed by atoms with Crippen molar-refractivity contribution in [1.82, 2.24) is 19.8 Å². The van der Waals surface area contributed by atoms with Crippen molar-refractivity contribution in [2.24, 2.45) is 0 Å². The van der Waals surface area contributed by atoms with Crippen LogP contribution in [-0.2, 0) is 15.1 Å². The third-order valence-corrected chi connectivity index (χ3v) is 6.57. The summed E-state index contributed by atoms with van der Waals surface area (Å²) in [5.74, 6) is -3.12. The lowest BCUT2D eigenvalue weighted by Gasteiger charge is -2.46. The fourth-order valence-electron chi connectivity index (χ4n) is 4.28. The van der Waals surface area contributed by atoms with Crippen LogP contribution in [0.5, 0.6) is 0 Å². The molecule has 4 heterocycles. The molecule has 1 unspecified atom stereocenters. The number of nitrogens with one attached hydrogen (secondary N) is 1. The molecular weight excluding hydrogens is 498 g/mol. The second-order valence-corrected chi connectivity index (χ2v) is 9.30. The van der Waals surface area contributed by atoms with Crippen LogP contribution in [-0.4, -0.2) is 82.2 Å². The second-order valence-electron chi connectivity index (χ2n) is 9.30. The fraction of sp³-hybridized carbons (Fsp3) is 0.591. The molecule has 2 aliphatic rings. The number of likely N-dealkylation sites (N-methyl/N-ethyl adjacent to an activating group) is 1. The molecule has 200 valence electrons. The van der Waals surface area contributed by atoms with Crippen LogP contribution in [0.2, 0.25) is 0 Å². The fourth-order valence-corrected chi connectivity index (χ4v) is 4.28. The number of halogens is 6. The van der Waals surface area contributed by atoms with Crippen LogP contribution in [0.25, 0.3) is 11.0 Å². The standard InChI is InChI=1S/C20H25F3N4O2.C2HF3O2/c1-19(2,20(21,22)23)27-9-16(15-5-4-6-24-17(15)27)18(28)25-12-7-13-10-29-11-14(8-12)26(13)3;3-2(4,5)1(6)7/h4-6,9,12-14H,7-8,10-11H2,1-3H3,(H,25,28);(H,6,7)/t12?,13-,14+;. The lowest BCUT2D eigenvalue weighted by molar-refractivity contribution is -0.201. The zero-order valence-corrected chi connectivity index (χ0v) is 19.7. The van der Waals surface area contributed by atoms with Gasteiger partial charge in [0.2, 0.25) is 0 Å². The molecule has 2 fully saturated rings. The number of alkyl halides is 6. The number of pyridine rings is 1. The summed E-state index contributed by atoms with van der Waals surface area (Å²) < 4.78 is 79.3. The predicted molar refractivity (Wildman–Crippen MR) is 115 cm³/mol. The minimum atomic E-state index is -5.08. The Morgan fingerprint density at radius 2 is 1.67 bits per heavy atom. The maximum Gasteiger partial charge on any atom is 0.490 e. The lowest BCUT2D eigenvalue weighted by atomic mass is 9.90. The summed E-state index contributed by atoms with van der Waals surface area (Å²) in [5.41, 5.74) is -1.83. The Hall–Kier alpha value is -2.87. The largest absolute Gasteiger partial charge is 0.490 e. The Labute approximate surface area is 202 Å². The van der Waals surface area contributed by atoms with Crippen molar-refractivity contribution in [3.05, 3.63) is 30.1 Å². The van der Waals surface area contributed by atoms with Gasteiger partial charge in [-0.25, -0.2) is 9.78 Å². The first-order chi connectivity index (χ1) is 16.5. The Bertz CT molecular complexity index is 1100. The third-order valence-electron chi connectivity index (χ3n) is 6.57. The van der Waals surface area contributed by atoms with E-state index in [4.69, 9.17) is 14.6 Å². The van der Waals surface area contributed by atoms with Gasteiger partial charge in [0.25, 0.3) is 5.91 Å². The van der Waals surface area contributed by atoms with Crippen LogP contribution < -0.4 is 5.32 Å². The summed E-state index contributed by atoms with van der Waals surface area (Å²) in [7, 11) is 2.06. The molecule has 0 aliphatic carbocycles. The molecular formula is C22H26F6N4O4. The molecule has 2 saturated heterocycles. The van der Waals surface area contributed by atoms with Gasteiger partial charge in [0, 0.05) is 35.9 Å². The number of carboxylic acid groups (broad SMARTS) is 1. The maximum absolute atomic E-state index is 13.6. The number of aliphatic carboxylic acids is 1. The highest BCUT2D eigenvalue weighted by Crippen LogP contribution is 2.39. The molecule has 2 bridgehead atoms. The van der Waals surface area contributed by atoms with Gasteiger partial charge in [-0.1, -0.05) is 0 Å². The summed E-state index contributed by atoms with van der Waals surface area (Å²) in [6.07, 6.45) is -5.35. The van der Waals surface area contributed by atoms with E-state index in [1.807, 2.05) is 0 Å². The van der Waals surface area contributed by atoms with Gasteiger partial charge in [-0.3, -0.25) is 9.69 Å². The monoisotopic (exact) mass is 524 g/mol. The molecule has 14 heteroatoms. The van der Waals surface area contributed by atoms with E-state index in [9.17, 15) is 31.1 Å². The number of carboxylic acids is 1. The molecule has 3 atom stereocenters. The van der Waals surface area contributed by atoms with Crippen LogP contribution in [0.1, 0.15) is 37.0 Å². The van der Waals surface area contributed by atoms with Gasteiger partial charge in [-0.2, -0.15) is 26.3 Å². The van der Waals surface area contributed by atoms with E-state index in [1.54, 1.807) is 12.1 Å². The first-order valence-corrected chi connectivity index (χ1v) is 11.0. The van der Waals surface area contributed by atoms with Gasteiger partial charge in [-0.15, -0.1) is 0 Å². The van der Waals surface area contributed by atoms with Crippen molar-refractivity contribution in [2.45, 2.75) is 62.7 Å². The predicted octanol–water partition coefficient (Wildman–Crippen LogP) is 3.56. The number of hydrogen-bond acceptors (Lipinski definition) is 5. The van der Waals surface area contributed by atoms with Gasteiger partial charge in [0.15, 0.2) is 0 Å². The van der Waals surface area contributed by atoms with Crippen LogP contribution in [0.3, 0.4) is 0 Å². The number of ether oxygens (including phenoxy) is 1. The maximum atomic E-state index is 13.6. The second kappa shape index (κ2) is 9.88. The number of carbonyl (C=O) groups excluding carboxylic acids is 1. The zero-order valence-electron chi connectivity index (χ0n) is 19.7. The zero-order chi connectivity index (χ0) is 27.1. The Morgan fingerprint density at radius 3 is 2.17 bits per heavy atom. The minimum Gasteiger partial charge on any atom is -0.475 e. The van der Waals surface area contributed by atoms with E-state index in [0.717, 1.165) is 31.3 Å². The first-order valence-electron chi connectivity index (χ1n) is 11.0. The molecule has 4 rings (SSSR count). The third kappa shape index (κ3) is 5.59. The number of aromatic nitrogens is 2. The van der Waals surface area contributed by atoms with E-state index in [1.165, 1.54) is 12.4 Å². The number of rotatable bonds is 3. The highest BCUT2D eigenvalue weighted by molar-refractivity contribution is 6.06. The van der Waals surface area contributed by atoms with Crippen molar-refractivity contribution in [3.8, 4) is 0 Å². The summed E-state index contributed by atoms with van der Waals surface area (Å²) in [4.78, 5) is 28.3. The quantitative estimate of drug-likeness (QED) is 0.597. The molecule has 2 aliphatic heterocycles. The van der Waals surface area contributed by atoms with E-state index < -0.39 is 23.9 Å². The molecule has 0 radical (unpaired) electrons. The van der Waals surface area contributed by atoms with E-state index >= 15 is 0 Å². The normalized spacial score (nSPS) is 23.1. The summed E-state index contributed by atoms with van der Waals surface area (Å²) >= 11 is 0. The molecule has 2 aromatic heterocycles. The molecule has 2 aromatic rings. The highest BCUT2D eigenvalue weighted by atomic mass is 19.4. The summed E-state index contributed by atoms with van der Waals surface area (Å²) in [6.45, 7) is 3.42. The van der Waals surface area contributed by atoms with Crippen LogP contribution >= 0.6 is 0 Å². The number of amides is 1. The Kier molecular flexibility index (Phi) is 7.61. The first kappa shape index (κ1) is 27.7. The van der Waals surface area contributed by atoms with Crippen LogP contribution in [0.15, 0.2) is 24.5 Å². The SMILES string of the molecule is CN1[C@@H]2COC[C@H]1CC(NC(=O)c1cn(C(C)(C)C(F)(F)F)c3ncccc13)C2.O=C(O)C(F)(F)F. The molecule has 0 aromatic carbocycles. The molecule has 0 spiro atoms. The van der Waals surface area contributed by atoms with Gasteiger partial charge in [0.05, 0.1) is 18.8 Å². The van der Waals surface area contributed by atoms with Crippen molar-refractivity contribution in [3.63, 3.8) is 0 Å². The van der Waals surface area contributed by atoms with E-state index in [0.29, 0.717) is 18.6 Å². The minimum absolute atomic E-state index is 0.0386. The van der Waals surface area contributed by atoms with Crippen molar-refractivity contribution < 1.29 is 45.8 Å². The molecule has 0 saturated carbocycles. The number of morpholine rings is 1. The Balaban J connectivity index is 0.000000454. The average molecular weight is 524 g/mol. The van der Waals surface area contributed by atoms with Gasteiger partial charge >= 0.3 is 18.3 Å². The van der Waals surface area contributed by atoms with Gasteiger partial charge in [-0.05, 0) is 45.9 Å². The van der Waals surface area contributed by atoms with Crippen molar-refractivity contribution in [2.75, 3.05) is 20.3 Å². The number of carbonyl (C=O) groups is 2. The highest BCUT2D eigenvalue weighted by Gasteiger charge is 2.50. The smallest absolute Gasteiger partial charge is 0.475 e. The van der Waals surface area contributed by atoms with E-state index in [2.05, 4.69) is 22.2 Å². The molecule has 2 N–H and O–H groups in total. The number of fused-ring (bicyclic) bond motifs is 3. The Morgan fingerprint density at radius 1 is 1.11 bits per heavy atom. The average Bonchev–Trinajstić information content (AvgIpc) is 3.14. The number of hydrogen-bond donors (Lipinski definition) is 2. The van der Waals surface area contributed by atoms with Crippen LogP contribution in [0.4, 0.5) is 26.3 Å². The number of piperidine rings is 1. The van der Waals surface area contributed by atoms with Gasteiger partial charge in [0.1, 0.15) is 11.2 Å². The van der Waals surface area contributed by atoms with E-state index in [-0.39, 0.29) is 35.2 Å². The molecule has 1 amide bonds. The topological polar surface area (TPSA) is 96.7 Å². The number of nitrogens with zero attached hydrogens (tertiary/aromatic N) is 3. The summed E-state index contributed by atoms with van der Waals surface area (Å²) in [5, 5.41) is 10.6. The lowest BCUT2D eigenvalue weighted by Crippen LogP contribution is -2.59. The molecule has 8 nitrogen and oxygen atoms in total. The van der Waals surface area contributed by atoms with Crippen molar-refractivity contribution in [1.29, 1.82) is 0 Å². The van der Waals surface area contributed by atoms with Crippen molar-refractivity contribution >= 4 is 22.9 Å².